The minimum atomic E-state index is -0.664. The van der Waals surface area contributed by atoms with E-state index in [4.69, 9.17) is 9.47 Å². The van der Waals surface area contributed by atoms with E-state index >= 15 is 0 Å². The van der Waals surface area contributed by atoms with Crippen LogP contribution >= 0.6 is 0 Å². The van der Waals surface area contributed by atoms with Gasteiger partial charge in [-0.1, -0.05) is 12.1 Å². The number of morpholine rings is 1. The number of guanidine groups is 1. The summed E-state index contributed by atoms with van der Waals surface area (Å²) in [6.07, 6.45) is 1.67. The van der Waals surface area contributed by atoms with Crippen molar-refractivity contribution in [2.45, 2.75) is 45.8 Å². The van der Waals surface area contributed by atoms with E-state index in [1.807, 2.05) is 45.0 Å². The Balaban J connectivity index is 1.75. The molecule has 1 saturated heterocycles. The SMILES string of the molecule is CCNC(=NCC(O)c1cccc(OC(C)C)c1)NCCCCN1CCOCC1. The van der Waals surface area contributed by atoms with E-state index in [-0.39, 0.29) is 6.10 Å². The number of aliphatic hydroxyl groups is 1. The Morgan fingerprint density at radius 3 is 2.76 bits per heavy atom. The van der Waals surface area contributed by atoms with Crippen molar-refractivity contribution in [2.75, 3.05) is 52.5 Å². The molecule has 1 unspecified atom stereocenters. The Hall–Kier alpha value is -1.83. The van der Waals surface area contributed by atoms with Crippen LogP contribution in [0.2, 0.25) is 0 Å². The van der Waals surface area contributed by atoms with Crippen molar-refractivity contribution in [1.29, 1.82) is 0 Å². The molecule has 29 heavy (non-hydrogen) atoms. The van der Waals surface area contributed by atoms with Crippen LogP contribution < -0.4 is 15.4 Å². The molecule has 7 heteroatoms. The van der Waals surface area contributed by atoms with Gasteiger partial charge in [-0.3, -0.25) is 9.89 Å². The molecule has 0 bridgehead atoms. The van der Waals surface area contributed by atoms with Crippen LogP contribution in [-0.2, 0) is 4.74 Å². The summed E-state index contributed by atoms with van der Waals surface area (Å²) in [6.45, 7) is 12.9. The van der Waals surface area contributed by atoms with Gasteiger partial charge in [0, 0.05) is 26.2 Å². The van der Waals surface area contributed by atoms with Gasteiger partial charge in [0.05, 0.1) is 32.0 Å². The predicted molar refractivity (Wildman–Crippen MR) is 118 cm³/mol. The van der Waals surface area contributed by atoms with E-state index in [0.717, 1.165) is 76.1 Å². The highest BCUT2D eigenvalue weighted by molar-refractivity contribution is 5.79. The summed E-state index contributed by atoms with van der Waals surface area (Å²) >= 11 is 0. The summed E-state index contributed by atoms with van der Waals surface area (Å²) in [6, 6.07) is 7.59. The Morgan fingerprint density at radius 1 is 1.24 bits per heavy atom. The molecule has 1 atom stereocenters. The molecule has 1 aliphatic rings. The molecule has 0 amide bonds. The van der Waals surface area contributed by atoms with Crippen LogP contribution in [-0.4, -0.2) is 74.6 Å². The molecule has 0 aliphatic carbocycles. The molecule has 0 saturated carbocycles. The Kier molecular flexibility index (Phi) is 10.8. The number of nitrogens with one attached hydrogen (secondary N) is 2. The highest BCUT2D eigenvalue weighted by Gasteiger charge is 2.10. The van der Waals surface area contributed by atoms with E-state index < -0.39 is 6.10 Å². The van der Waals surface area contributed by atoms with E-state index in [1.165, 1.54) is 0 Å². The smallest absolute Gasteiger partial charge is 0.191 e. The van der Waals surface area contributed by atoms with Crippen molar-refractivity contribution in [1.82, 2.24) is 15.5 Å². The van der Waals surface area contributed by atoms with Gasteiger partial charge in [-0.25, -0.2) is 0 Å². The van der Waals surface area contributed by atoms with Gasteiger partial charge in [0.25, 0.3) is 0 Å². The molecular formula is C22H38N4O3. The maximum absolute atomic E-state index is 10.5. The first-order chi connectivity index (χ1) is 14.1. The van der Waals surface area contributed by atoms with Crippen LogP contribution in [0.5, 0.6) is 5.75 Å². The molecule has 1 aromatic rings. The summed E-state index contributed by atoms with van der Waals surface area (Å²) in [5.41, 5.74) is 0.813. The minimum Gasteiger partial charge on any atom is -0.491 e. The van der Waals surface area contributed by atoms with Crippen molar-refractivity contribution in [3.05, 3.63) is 29.8 Å². The van der Waals surface area contributed by atoms with Gasteiger partial charge in [0.1, 0.15) is 5.75 Å². The standard InChI is InChI=1S/C22H38N4O3/c1-4-23-22(24-10-5-6-11-26-12-14-28-15-13-26)25-17-21(27)19-8-7-9-20(16-19)29-18(2)3/h7-9,16,18,21,27H,4-6,10-15,17H2,1-3H3,(H2,23,24,25). The average Bonchev–Trinajstić information content (AvgIpc) is 2.72. The first kappa shape index (κ1) is 23.4. The molecule has 164 valence electrons. The van der Waals surface area contributed by atoms with Gasteiger partial charge in [-0.05, 0) is 57.9 Å². The van der Waals surface area contributed by atoms with E-state index in [9.17, 15) is 5.11 Å². The molecule has 1 fully saturated rings. The zero-order valence-corrected chi connectivity index (χ0v) is 18.2. The molecular weight excluding hydrogens is 368 g/mol. The van der Waals surface area contributed by atoms with Crippen molar-refractivity contribution in [2.24, 2.45) is 4.99 Å². The van der Waals surface area contributed by atoms with Crippen molar-refractivity contribution in [3.63, 3.8) is 0 Å². The lowest BCUT2D eigenvalue weighted by Gasteiger charge is -2.26. The topological polar surface area (TPSA) is 78.4 Å². The second kappa shape index (κ2) is 13.4. The summed E-state index contributed by atoms with van der Waals surface area (Å²) in [4.78, 5) is 7.00. The molecule has 1 aliphatic heterocycles. The third-order valence-electron chi connectivity index (χ3n) is 4.68. The predicted octanol–water partition coefficient (Wildman–Crippen LogP) is 2.17. The third kappa shape index (κ3) is 9.47. The van der Waals surface area contributed by atoms with Crippen LogP contribution in [0.4, 0.5) is 0 Å². The normalized spacial score (nSPS) is 16.7. The number of unbranched alkanes of at least 4 members (excludes halogenated alkanes) is 1. The zero-order valence-electron chi connectivity index (χ0n) is 18.2. The van der Waals surface area contributed by atoms with Crippen molar-refractivity contribution >= 4 is 5.96 Å². The molecule has 0 radical (unpaired) electrons. The lowest BCUT2D eigenvalue weighted by atomic mass is 10.1. The number of hydrogen-bond donors (Lipinski definition) is 3. The summed E-state index contributed by atoms with van der Waals surface area (Å²) < 4.78 is 11.1. The number of aliphatic imine (C=N–C) groups is 1. The quantitative estimate of drug-likeness (QED) is 0.297. The van der Waals surface area contributed by atoms with Crippen LogP contribution in [0.1, 0.15) is 45.3 Å². The third-order valence-corrected chi connectivity index (χ3v) is 4.68. The lowest BCUT2D eigenvalue weighted by molar-refractivity contribution is 0.0372. The van der Waals surface area contributed by atoms with E-state index in [1.54, 1.807) is 0 Å². The maximum Gasteiger partial charge on any atom is 0.191 e. The van der Waals surface area contributed by atoms with E-state index in [0.29, 0.717) is 6.54 Å². The highest BCUT2D eigenvalue weighted by atomic mass is 16.5. The van der Waals surface area contributed by atoms with Gasteiger partial charge in [0.15, 0.2) is 5.96 Å². The fourth-order valence-electron chi connectivity index (χ4n) is 3.18. The maximum atomic E-state index is 10.5. The summed E-state index contributed by atoms with van der Waals surface area (Å²) in [7, 11) is 0. The zero-order chi connectivity index (χ0) is 20.9. The van der Waals surface area contributed by atoms with Crippen molar-refractivity contribution in [3.8, 4) is 5.75 Å². The molecule has 1 heterocycles. The Labute approximate surface area is 175 Å². The van der Waals surface area contributed by atoms with Crippen LogP contribution in [0.25, 0.3) is 0 Å². The van der Waals surface area contributed by atoms with Crippen LogP contribution in [0.3, 0.4) is 0 Å². The molecule has 1 aromatic carbocycles. The highest BCUT2D eigenvalue weighted by Crippen LogP contribution is 2.20. The number of benzene rings is 1. The molecule has 2 rings (SSSR count). The number of rotatable bonds is 11. The molecule has 0 spiro atoms. The fourth-order valence-corrected chi connectivity index (χ4v) is 3.18. The van der Waals surface area contributed by atoms with Crippen molar-refractivity contribution < 1.29 is 14.6 Å². The van der Waals surface area contributed by atoms with Gasteiger partial charge < -0.3 is 25.2 Å². The van der Waals surface area contributed by atoms with Gasteiger partial charge >= 0.3 is 0 Å². The van der Waals surface area contributed by atoms with Crippen LogP contribution in [0.15, 0.2) is 29.3 Å². The summed E-state index contributed by atoms with van der Waals surface area (Å²) in [5.74, 6) is 1.51. The molecule has 7 nitrogen and oxygen atoms in total. The van der Waals surface area contributed by atoms with Gasteiger partial charge in [0.2, 0.25) is 0 Å². The molecule has 3 N–H and O–H groups in total. The lowest BCUT2D eigenvalue weighted by Crippen LogP contribution is -2.39. The first-order valence-corrected chi connectivity index (χ1v) is 10.9. The number of hydrogen-bond acceptors (Lipinski definition) is 5. The monoisotopic (exact) mass is 406 g/mol. The minimum absolute atomic E-state index is 0.105. The number of aliphatic hydroxyl groups excluding tert-OH is 1. The second-order valence-electron chi connectivity index (χ2n) is 7.56. The molecule has 0 aromatic heterocycles. The average molecular weight is 407 g/mol. The second-order valence-corrected chi connectivity index (χ2v) is 7.56. The largest absolute Gasteiger partial charge is 0.491 e. The van der Waals surface area contributed by atoms with Crippen LogP contribution in [0, 0.1) is 0 Å². The summed E-state index contributed by atoms with van der Waals surface area (Å²) in [5, 5.41) is 17.1. The van der Waals surface area contributed by atoms with Gasteiger partial charge in [-0.15, -0.1) is 0 Å². The van der Waals surface area contributed by atoms with E-state index in [2.05, 4.69) is 20.5 Å². The first-order valence-electron chi connectivity index (χ1n) is 10.9. The Bertz CT molecular complexity index is 603. The Morgan fingerprint density at radius 2 is 2.03 bits per heavy atom. The number of nitrogens with zero attached hydrogens (tertiary/aromatic N) is 2. The fraction of sp³-hybridized carbons (Fsp3) is 0.682. The number of ether oxygens (including phenoxy) is 2. The van der Waals surface area contributed by atoms with Gasteiger partial charge in [-0.2, -0.15) is 0 Å².